The minimum atomic E-state index is -1.17. The van der Waals surface area contributed by atoms with Gasteiger partial charge in [-0.3, -0.25) is 9.59 Å². The predicted octanol–water partition coefficient (Wildman–Crippen LogP) is 1.26. The second-order valence-electron chi connectivity index (χ2n) is 9.54. The molecule has 38 heavy (non-hydrogen) atoms. The number of carboxylic acids is 1. The van der Waals surface area contributed by atoms with E-state index in [0.29, 0.717) is 23.4 Å². The number of halogens is 1. The second-order valence-corrected chi connectivity index (χ2v) is 9.54. The molecule has 0 saturated heterocycles. The maximum Gasteiger partial charge on any atom is 1.00 e. The molecule has 0 aliphatic heterocycles. The van der Waals surface area contributed by atoms with E-state index in [2.05, 4.69) is 10.4 Å². The van der Waals surface area contributed by atoms with Crippen LogP contribution in [0.3, 0.4) is 0 Å². The molecule has 0 bridgehead atoms. The van der Waals surface area contributed by atoms with Gasteiger partial charge < -0.3 is 22.1 Å². The summed E-state index contributed by atoms with van der Waals surface area (Å²) in [6.07, 6.45) is -2.14. The second kappa shape index (κ2) is 14.6. The van der Waals surface area contributed by atoms with Crippen LogP contribution in [0, 0.1) is 5.82 Å². The number of aliphatic carboxylic acids is 1. The van der Waals surface area contributed by atoms with Crippen molar-refractivity contribution in [1.82, 2.24) is 15.1 Å². The van der Waals surface area contributed by atoms with Crippen LogP contribution in [-0.2, 0) is 11.2 Å². The quantitative estimate of drug-likeness (QED) is 0.259. The molecule has 0 aliphatic rings. The summed E-state index contributed by atoms with van der Waals surface area (Å²) < 4.78 is 15.2. The minimum Gasteiger partial charge on any atom is -1.00 e. The first-order valence-electron chi connectivity index (χ1n) is 12.4. The number of rotatable bonds is 12. The van der Waals surface area contributed by atoms with E-state index in [1.54, 1.807) is 16.8 Å². The Morgan fingerprint density at radius 2 is 1.66 bits per heavy atom. The Morgan fingerprint density at radius 1 is 1.03 bits per heavy atom. The fourth-order valence-electron chi connectivity index (χ4n) is 4.39. The molecule has 0 saturated carbocycles. The number of amides is 1. The molecule has 0 spiro atoms. The zero-order valence-electron chi connectivity index (χ0n) is 23.3. The number of carbonyl (C=O) groups excluding carboxylic acids is 1. The van der Waals surface area contributed by atoms with Crippen LogP contribution in [0.4, 0.5) is 4.39 Å². The Hall–Kier alpha value is -2.56. The van der Waals surface area contributed by atoms with E-state index in [0.717, 1.165) is 5.56 Å². The van der Waals surface area contributed by atoms with Crippen molar-refractivity contribution in [3.63, 3.8) is 0 Å². The average molecular weight is 536 g/mol. The predicted molar refractivity (Wildman–Crippen MR) is 138 cm³/mol. The third-order valence-electron chi connectivity index (χ3n) is 6.20. The number of carboxylic acid groups (broad SMARTS) is 1. The molecule has 3 aromatic rings. The van der Waals surface area contributed by atoms with E-state index < -0.39 is 30.4 Å². The summed E-state index contributed by atoms with van der Waals surface area (Å²) in [5.74, 6) is -1.98. The Bertz CT molecular complexity index is 1210. The summed E-state index contributed by atoms with van der Waals surface area (Å²) in [6, 6.07) is 15.1. The number of carbonyl (C=O) groups is 2. The molecule has 1 unspecified atom stereocenters. The fraction of sp³-hybridized carbons (Fsp3) is 0.393. The van der Waals surface area contributed by atoms with Gasteiger partial charge in [-0.1, -0.05) is 44.2 Å². The van der Waals surface area contributed by atoms with Gasteiger partial charge in [0, 0.05) is 11.3 Å². The van der Waals surface area contributed by atoms with Crippen molar-refractivity contribution in [1.29, 1.82) is 0 Å². The van der Waals surface area contributed by atoms with Crippen LogP contribution in [-0.4, -0.2) is 49.2 Å². The zero-order valence-corrected chi connectivity index (χ0v) is 24.3. The summed E-state index contributed by atoms with van der Waals surface area (Å²) in [4.78, 5) is 24.2. The van der Waals surface area contributed by atoms with E-state index in [1.807, 2.05) is 51.1 Å². The third-order valence-corrected chi connectivity index (χ3v) is 6.20. The first-order chi connectivity index (χ1) is 17.6. The van der Waals surface area contributed by atoms with Crippen LogP contribution >= 0.6 is 0 Å². The number of nitrogens with one attached hydrogen (secondary N) is 1. The van der Waals surface area contributed by atoms with E-state index >= 15 is 0 Å². The van der Waals surface area contributed by atoms with Crippen LogP contribution in [0.2, 0.25) is 0 Å². The van der Waals surface area contributed by atoms with Crippen LogP contribution < -0.4 is 34.9 Å². The maximum absolute atomic E-state index is 13.6. The van der Waals surface area contributed by atoms with Gasteiger partial charge in [0.2, 0.25) is 0 Å². The molecule has 2 aromatic carbocycles. The van der Waals surface area contributed by atoms with Crippen LogP contribution in [0.5, 0.6) is 0 Å². The van der Waals surface area contributed by atoms with Crippen molar-refractivity contribution in [2.45, 2.75) is 70.6 Å². The van der Waals surface area contributed by atoms with Crippen molar-refractivity contribution in [3.8, 4) is 5.69 Å². The molecular formula is C28H35FN3NaO5. The Kier molecular flexibility index (Phi) is 12.1. The Balaban J connectivity index is 0.00000380. The van der Waals surface area contributed by atoms with E-state index in [4.69, 9.17) is 5.11 Å². The third kappa shape index (κ3) is 8.47. The van der Waals surface area contributed by atoms with Gasteiger partial charge in [-0.2, -0.15) is 5.10 Å². The van der Waals surface area contributed by atoms with Gasteiger partial charge >= 0.3 is 35.5 Å². The van der Waals surface area contributed by atoms with Crippen molar-refractivity contribution in [3.05, 3.63) is 82.9 Å². The van der Waals surface area contributed by atoms with E-state index in [-0.39, 0.29) is 67.4 Å². The van der Waals surface area contributed by atoms with Gasteiger partial charge in [0.15, 0.2) is 5.69 Å². The van der Waals surface area contributed by atoms with Gasteiger partial charge in [-0.05, 0) is 61.9 Å². The average Bonchev–Trinajstić information content (AvgIpc) is 3.23. The SMILES string of the molecule is CC(C)c1c(C(=O)NC(C)c2ccccc2)nn(-c2ccc(F)cc2)c1CC[C@@H](O)C[C@@H](O)CC(=O)O.[H-].[Na+]. The molecule has 8 nitrogen and oxygen atoms in total. The van der Waals surface area contributed by atoms with Crippen molar-refractivity contribution in [2.24, 2.45) is 0 Å². The molecule has 1 heterocycles. The standard InChI is InChI=1S/C28H34FN3O5.Na.H/c1-17(2)26-24(14-13-22(33)15-23(34)16-25(35)36)32(21-11-9-20(29)10-12-21)31-27(26)28(37)30-18(3)19-7-5-4-6-8-19;;/h4-12,17-18,22-23,33-34H,13-16H2,1-3H3,(H,30,37)(H,35,36);;/q;+1;-1/t18?,22-,23-;;/m1../s1. The van der Waals surface area contributed by atoms with E-state index in [9.17, 15) is 24.2 Å². The van der Waals surface area contributed by atoms with Gasteiger partial charge in [0.1, 0.15) is 5.82 Å². The number of nitrogens with zero attached hydrogens (tertiary/aromatic N) is 2. The van der Waals surface area contributed by atoms with Crippen LogP contribution in [0.15, 0.2) is 54.6 Å². The number of aromatic nitrogens is 2. The minimum absolute atomic E-state index is 0. The smallest absolute Gasteiger partial charge is 1.00 e. The topological polar surface area (TPSA) is 125 Å². The molecule has 200 valence electrons. The summed E-state index contributed by atoms with van der Waals surface area (Å²) in [5, 5.41) is 36.9. The zero-order chi connectivity index (χ0) is 27.1. The van der Waals surface area contributed by atoms with Gasteiger partial charge in [0.05, 0.1) is 30.4 Å². The summed E-state index contributed by atoms with van der Waals surface area (Å²) >= 11 is 0. The monoisotopic (exact) mass is 535 g/mol. The molecule has 0 radical (unpaired) electrons. The molecule has 0 fully saturated rings. The summed E-state index contributed by atoms with van der Waals surface area (Å²) in [5.41, 5.74) is 3.15. The molecular weight excluding hydrogens is 500 g/mol. The molecule has 1 amide bonds. The van der Waals surface area contributed by atoms with Gasteiger partial charge in [-0.25, -0.2) is 9.07 Å². The molecule has 3 rings (SSSR count). The largest absolute Gasteiger partial charge is 1.00 e. The van der Waals surface area contributed by atoms with Crippen LogP contribution in [0.25, 0.3) is 5.69 Å². The molecule has 1 aromatic heterocycles. The fourth-order valence-corrected chi connectivity index (χ4v) is 4.39. The molecule has 10 heteroatoms. The number of benzene rings is 2. The first-order valence-corrected chi connectivity index (χ1v) is 12.4. The van der Waals surface area contributed by atoms with Crippen molar-refractivity contribution in [2.75, 3.05) is 0 Å². The Labute approximate surface area is 245 Å². The Morgan fingerprint density at radius 3 is 2.24 bits per heavy atom. The van der Waals surface area contributed by atoms with Crippen LogP contribution in [0.1, 0.15) is 80.7 Å². The molecule has 3 atom stereocenters. The van der Waals surface area contributed by atoms with Crippen molar-refractivity contribution >= 4 is 11.9 Å². The normalized spacial score (nSPS) is 13.4. The van der Waals surface area contributed by atoms with E-state index in [1.165, 1.54) is 12.1 Å². The van der Waals surface area contributed by atoms with Gasteiger partial charge in [0.25, 0.3) is 5.91 Å². The first kappa shape index (κ1) is 31.7. The number of hydrogen-bond donors (Lipinski definition) is 4. The number of hydrogen-bond acceptors (Lipinski definition) is 5. The van der Waals surface area contributed by atoms with Gasteiger partial charge in [-0.15, -0.1) is 0 Å². The summed E-state index contributed by atoms with van der Waals surface area (Å²) in [6.45, 7) is 5.78. The number of aliphatic hydroxyl groups is 2. The summed E-state index contributed by atoms with van der Waals surface area (Å²) in [7, 11) is 0. The maximum atomic E-state index is 13.6. The molecule has 4 N–H and O–H groups in total. The molecule has 0 aliphatic carbocycles. The van der Waals surface area contributed by atoms with Crippen molar-refractivity contribution < 1.29 is 60.3 Å². The number of aliphatic hydroxyl groups excluding tert-OH is 2.